The molecule has 0 amide bonds. The van der Waals surface area contributed by atoms with Gasteiger partial charge >= 0.3 is 0 Å². The summed E-state index contributed by atoms with van der Waals surface area (Å²) in [5.74, 6) is 0.490. The molecule has 0 bridgehead atoms. The van der Waals surface area contributed by atoms with Crippen LogP contribution in [0.3, 0.4) is 0 Å². The van der Waals surface area contributed by atoms with Crippen molar-refractivity contribution in [1.29, 1.82) is 0 Å². The molecule has 0 unspecified atom stereocenters. The Morgan fingerprint density at radius 3 is 2.72 bits per heavy atom. The van der Waals surface area contributed by atoms with Gasteiger partial charge in [0.05, 0.1) is 35.1 Å². The SMILES string of the molecule is [C-]#[N+]c1cc(OC)c(Cl)cc1-c1c(Br)cnn1C. The monoisotopic (exact) mass is 325 g/mol. The van der Waals surface area contributed by atoms with E-state index in [4.69, 9.17) is 22.9 Å². The Morgan fingerprint density at radius 2 is 2.22 bits per heavy atom. The Bertz CT molecular complexity index is 626. The van der Waals surface area contributed by atoms with Gasteiger partial charge in [0.15, 0.2) is 5.69 Å². The first kappa shape index (κ1) is 12.9. The van der Waals surface area contributed by atoms with Gasteiger partial charge in [-0.1, -0.05) is 11.6 Å². The van der Waals surface area contributed by atoms with Gasteiger partial charge in [0.1, 0.15) is 5.75 Å². The van der Waals surface area contributed by atoms with E-state index in [2.05, 4.69) is 25.9 Å². The van der Waals surface area contributed by atoms with Gasteiger partial charge in [-0.15, -0.1) is 0 Å². The fraction of sp³-hybridized carbons (Fsp3) is 0.167. The zero-order valence-electron chi connectivity index (χ0n) is 9.74. The normalized spacial score (nSPS) is 10.2. The van der Waals surface area contributed by atoms with Gasteiger partial charge in [0, 0.05) is 12.6 Å². The summed E-state index contributed by atoms with van der Waals surface area (Å²) in [5.41, 5.74) is 2.01. The van der Waals surface area contributed by atoms with Gasteiger partial charge in [-0.25, -0.2) is 4.85 Å². The fourth-order valence-electron chi connectivity index (χ4n) is 1.69. The molecule has 0 fully saturated rings. The van der Waals surface area contributed by atoms with E-state index in [9.17, 15) is 0 Å². The number of benzene rings is 1. The van der Waals surface area contributed by atoms with Gasteiger partial charge in [-0.2, -0.15) is 5.10 Å². The quantitative estimate of drug-likeness (QED) is 0.779. The van der Waals surface area contributed by atoms with Crippen molar-refractivity contribution in [2.75, 3.05) is 7.11 Å². The summed E-state index contributed by atoms with van der Waals surface area (Å²) in [6, 6.07) is 3.35. The molecule has 0 radical (unpaired) electrons. The number of ether oxygens (including phenoxy) is 1. The van der Waals surface area contributed by atoms with E-state index in [1.165, 1.54) is 7.11 Å². The van der Waals surface area contributed by atoms with Gasteiger partial charge in [0.25, 0.3) is 0 Å². The van der Waals surface area contributed by atoms with Crippen LogP contribution in [-0.2, 0) is 7.05 Å². The van der Waals surface area contributed by atoms with Crippen molar-refractivity contribution < 1.29 is 4.74 Å². The third-order valence-electron chi connectivity index (χ3n) is 2.54. The molecule has 0 aliphatic heterocycles. The molecule has 1 aromatic heterocycles. The van der Waals surface area contributed by atoms with Crippen LogP contribution < -0.4 is 4.74 Å². The van der Waals surface area contributed by atoms with Gasteiger partial charge in [-0.3, -0.25) is 4.68 Å². The predicted octanol–water partition coefficient (Wildman–Crippen LogP) is 4.06. The second-order valence-electron chi connectivity index (χ2n) is 3.58. The highest BCUT2D eigenvalue weighted by molar-refractivity contribution is 9.10. The average molecular weight is 327 g/mol. The van der Waals surface area contributed by atoms with Crippen LogP contribution >= 0.6 is 27.5 Å². The van der Waals surface area contributed by atoms with Crippen molar-refractivity contribution in [2.45, 2.75) is 0 Å². The number of nitrogens with zero attached hydrogens (tertiary/aromatic N) is 3. The number of hydrogen-bond acceptors (Lipinski definition) is 2. The van der Waals surface area contributed by atoms with E-state index in [1.54, 1.807) is 23.0 Å². The molecular weight excluding hydrogens is 318 g/mol. The third kappa shape index (κ3) is 2.09. The molecule has 0 aliphatic carbocycles. The van der Waals surface area contributed by atoms with Crippen molar-refractivity contribution in [3.8, 4) is 17.0 Å². The zero-order valence-corrected chi connectivity index (χ0v) is 12.1. The minimum Gasteiger partial charge on any atom is -0.497 e. The summed E-state index contributed by atoms with van der Waals surface area (Å²) < 4.78 is 7.62. The smallest absolute Gasteiger partial charge is 0.200 e. The van der Waals surface area contributed by atoms with Gasteiger partial charge in [-0.05, 0) is 28.1 Å². The van der Waals surface area contributed by atoms with Crippen molar-refractivity contribution in [3.63, 3.8) is 0 Å². The molecule has 18 heavy (non-hydrogen) atoms. The van der Waals surface area contributed by atoms with Crippen molar-refractivity contribution in [3.05, 3.63) is 39.2 Å². The van der Waals surface area contributed by atoms with Crippen LogP contribution in [-0.4, -0.2) is 16.9 Å². The Labute approximate surface area is 118 Å². The Hall–Kier alpha value is -1.51. The Balaban J connectivity index is 2.73. The second-order valence-corrected chi connectivity index (χ2v) is 4.84. The lowest BCUT2D eigenvalue weighted by Gasteiger charge is -2.10. The first-order valence-corrected chi connectivity index (χ1v) is 6.18. The van der Waals surface area contributed by atoms with Crippen LogP contribution in [0.25, 0.3) is 16.1 Å². The summed E-state index contributed by atoms with van der Waals surface area (Å²) >= 11 is 9.52. The number of aryl methyl sites for hydroxylation is 1. The molecule has 0 atom stereocenters. The second kappa shape index (κ2) is 5.01. The lowest BCUT2D eigenvalue weighted by atomic mass is 10.1. The largest absolute Gasteiger partial charge is 0.497 e. The van der Waals surface area contributed by atoms with E-state index in [-0.39, 0.29) is 0 Å². The molecule has 6 heteroatoms. The van der Waals surface area contributed by atoms with Crippen LogP contribution in [0.5, 0.6) is 5.75 Å². The molecule has 4 nitrogen and oxygen atoms in total. The standard InChI is InChI=1S/C12H9BrClN3O/c1-15-10-5-11(18-3)9(14)4-7(10)12-8(13)6-16-17(12)2/h4-6H,2-3H3. The van der Waals surface area contributed by atoms with E-state index < -0.39 is 0 Å². The van der Waals surface area contributed by atoms with Crippen LogP contribution in [0.15, 0.2) is 22.8 Å². The topological polar surface area (TPSA) is 31.4 Å². The van der Waals surface area contributed by atoms with E-state index in [0.29, 0.717) is 16.5 Å². The molecule has 1 aromatic carbocycles. The molecule has 0 spiro atoms. The van der Waals surface area contributed by atoms with Crippen LogP contribution in [0, 0.1) is 6.57 Å². The summed E-state index contributed by atoms with van der Waals surface area (Å²) in [7, 11) is 3.33. The van der Waals surface area contributed by atoms with Crippen molar-refractivity contribution >= 4 is 33.2 Å². The molecule has 2 aromatic rings. The molecule has 0 saturated carbocycles. The highest BCUT2D eigenvalue weighted by Crippen LogP contribution is 2.40. The number of rotatable bonds is 2. The molecular formula is C12H9BrClN3O. The molecule has 92 valence electrons. The van der Waals surface area contributed by atoms with Gasteiger partial charge < -0.3 is 4.74 Å². The number of aromatic nitrogens is 2. The Kier molecular flexibility index (Phi) is 3.60. The highest BCUT2D eigenvalue weighted by atomic mass is 79.9. The van der Waals surface area contributed by atoms with E-state index >= 15 is 0 Å². The maximum absolute atomic E-state index is 7.25. The maximum atomic E-state index is 7.25. The molecule has 0 aliphatic rings. The van der Waals surface area contributed by atoms with E-state index in [0.717, 1.165) is 15.7 Å². The molecule has 0 saturated heterocycles. The predicted molar refractivity (Wildman–Crippen MR) is 74.2 cm³/mol. The molecule has 1 heterocycles. The minimum absolute atomic E-state index is 0.466. The van der Waals surface area contributed by atoms with Crippen LogP contribution in [0.4, 0.5) is 5.69 Å². The Morgan fingerprint density at radius 1 is 1.50 bits per heavy atom. The van der Waals surface area contributed by atoms with Crippen molar-refractivity contribution in [2.24, 2.45) is 7.05 Å². The highest BCUT2D eigenvalue weighted by Gasteiger charge is 2.16. The first-order valence-electron chi connectivity index (χ1n) is 5.01. The lowest BCUT2D eigenvalue weighted by molar-refractivity contribution is 0.415. The van der Waals surface area contributed by atoms with E-state index in [1.807, 2.05) is 7.05 Å². The summed E-state index contributed by atoms with van der Waals surface area (Å²) in [4.78, 5) is 3.51. The first-order chi connectivity index (χ1) is 8.58. The van der Waals surface area contributed by atoms with Crippen LogP contribution in [0.1, 0.15) is 0 Å². The zero-order chi connectivity index (χ0) is 13.3. The van der Waals surface area contributed by atoms with Crippen molar-refractivity contribution in [1.82, 2.24) is 9.78 Å². The summed E-state index contributed by atoms with van der Waals surface area (Å²) in [5, 5.41) is 4.60. The minimum atomic E-state index is 0.466. The maximum Gasteiger partial charge on any atom is 0.200 e. The summed E-state index contributed by atoms with van der Waals surface area (Å²) in [6.45, 7) is 7.25. The molecule has 2 rings (SSSR count). The lowest BCUT2D eigenvalue weighted by Crippen LogP contribution is -1.94. The van der Waals surface area contributed by atoms with Crippen LogP contribution in [0.2, 0.25) is 5.02 Å². The number of halogens is 2. The fourth-order valence-corrected chi connectivity index (χ4v) is 2.50. The molecule has 0 N–H and O–H groups in total. The number of hydrogen-bond donors (Lipinski definition) is 0. The third-order valence-corrected chi connectivity index (χ3v) is 3.42. The van der Waals surface area contributed by atoms with Gasteiger partial charge in [0.2, 0.25) is 0 Å². The number of methoxy groups -OCH3 is 1. The average Bonchev–Trinajstić information content (AvgIpc) is 2.68. The summed E-state index contributed by atoms with van der Waals surface area (Å²) in [6.07, 6.45) is 1.68.